The van der Waals surface area contributed by atoms with Gasteiger partial charge in [-0.2, -0.15) is 0 Å². The van der Waals surface area contributed by atoms with Gasteiger partial charge in [-0.05, 0) is 27.2 Å². The molecule has 1 N–H and O–H groups in total. The number of thiazole rings is 1. The Morgan fingerprint density at radius 3 is 2.57 bits per heavy atom. The third kappa shape index (κ3) is 2.96. The highest BCUT2D eigenvalue weighted by Crippen LogP contribution is 2.26. The van der Waals surface area contributed by atoms with E-state index < -0.39 is 5.69 Å². The lowest BCUT2D eigenvalue weighted by atomic mass is 10.2. The van der Waals surface area contributed by atoms with Crippen LogP contribution in [0, 0.1) is 13.8 Å². The lowest BCUT2D eigenvalue weighted by Crippen LogP contribution is -2.39. The number of aryl methyl sites for hydroxylation is 2. The highest BCUT2D eigenvalue weighted by molar-refractivity contribution is 7.11. The SMILES string of the molecule is CCCc1c(Cl)[nH]c(=O)n(C(C)c2sc(C)nc2C)c1=O. The molecule has 0 aliphatic carbocycles. The highest BCUT2D eigenvalue weighted by Gasteiger charge is 2.21. The summed E-state index contributed by atoms with van der Waals surface area (Å²) in [5.74, 6) is 0. The van der Waals surface area contributed by atoms with Gasteiger partial charge < -0.3 is 0 Å². The zero-order valence-corrected chi connectivity index (χ0v) is 14.1. The third-order valence-electron chi connectivity index (χ3n) is 3.38. The van der Waals surface area contributed by atoms with E-state index in [1.807, 2.05) is 27.7 Å². The average Bonchev–Trinajstić information content (AvgIpc) is 2.73. The van der Waals surface area contributed by atoms with Crippen molar-refractivity contribution in [2.45, 2.75) is 46.6 Å². The van der Waals surface area contributed by atoms with Gasteiger partial charge >= 0.3 is 5.69 Å². The van der Waals surface area contributed by atoms with Crippen molar-refractivity contribution in [1.82, 2.24) is 14.5 Å². The summed E-state index contributed by atoms with van der Waals surface area (Å²) in [6.45, 7) is 7.59. The molecular weight excluding hydrogens is 310 g/mol. The van der Waals surface area contributed by atoms with Gasteiger partial charge in [-0.3, -0.25) is 14.3 Å². The summed E-state index contributed by atoms with van der Waals surface area (Å²) in [5.41, 5.74) is 0.513. The first-order valence-corrected chi connectivity index (χ1v) is 8.03. The van der Waals surface area contributed by atoms with Crippen molar-refractivity contribution < 1.29 is 0 Å². The van der Waals surface area contributed by atoms with Gasteiger partial charge in [0.15, 0.2) is 0 Å². The normalized spacial score (nSPS) is 12.6. The van der Waals surface area contributed by atoms with Crippen LogP contribution < -0.4 is 11.2 Å². The first-order valence-electron chi connectivity index (χ1n) is 6.83. The minimum absolute atomic E-state index is 0.146. The van der Waals surface area contributed by atoms with Gasteiger partial charge in [0.25, 0.3) is 5.56 Å². The summed E-state index contributed by atoms with van der Waals surface area (Å²) >= 11 is 7.49. The van der Waals surface area contributed by atoms with E-state index in [0.717, 1.165) is 22.0 Å². The molecule has 0 aliphatic rings. The van der Waals surface area contributed by atoms with E-state index in [4.69, 9.17) is 11.6 Å². The molecule has 2 heterocycles. The van der Waals surface area contributed by atoms with Gasteiger partial charge in [0.1, 0.15) is 5.15 Å². The van der Waals surface area contributed by atoms with E-state index in [1.54, 1.807) is 0 Å². The van der Waals surface area contributed by atoms with Crippen molar-refractivity contribution in [2.24, 2.45) is 0 Å². The molecule has 0 spiro atoms. The molecule has 2 aromatic rings. The fraction of sp³-hybridized carbons (Fsp3) is 0.500. The van der Waals surface area contributed by atoms with Crippen LogP contribution >= 0.6 is 22.9 Å². The van der Waals surface area contributed by atoms with E-state index >= 15 is 0 Å². The monoisotopic (exact) mass is 327 g/mol. The van der Waals surface area contributed by atoms with Crippen molar-refractivity contribution in [3.63, 3.8) is 0 Å². The highest BCUT2D eigenvalue weighted by atomic mass is 35.5. The Hall–Kier alpha value is -1.40. The van der Waals surface area contributed by atoms with E-state index in [2.05, 4.69) is 9.97 Å². The molecule has 0 amide bonds. The largest absolute Gasteiger partial charge is 0.330 e. The molecule has 21 heavy (non-hydrogen) atoms. The first-order chi connectivity index (χ1) is 9.86. The molecule has 7 heteroatoms. The second kappa shape index (κ2) is 6.15. The Bertz CT molecular complexity index is 776. The first kappa shape index (κ1) is 16.0. The number of aromatic amines is 1. The van der Waals surface area contributed by atoms with Gasteiger partial charge in [0, 0.05) is 0 Å². The maximum Gasteiger partial charge on any atom is 0.330 e. The third-order valence-corrected chi connectivity index (χ3v) is 4.95. The summed E-state index contributed by atoms with van der Waals surface area (Å²) in [7, 11) is 0. The number of nitrogens with one attached hydrogen (secondary N) is 1. The average molecular weight is 328 g/mol. The van der Waals surface area contributed by atoms with E-state index in [0.29, 0.717) is 12.0 Å². The molecule has 1 atom stereocenters. The molecule has 0 saturated heterocycles. The molecule has 2 aromatic heterocycles. The second-order valence-corrected chi connectivity index (χ2v) is 6.62. The molecule has 2 rings (SSSR count). The summed E-state index contributed by atoms with van der Waals surface area (Å²) in [4.78, 5) is 32.6. The van der Waals surface area contributed by atoms with Gasteiger partial charge in [0.05, 0.1) is 27.2 Å². The standard InChI is InChI=1S/C14H18ClN3O2S/c1-5-6-10-12(15)17-14(20)18(13(10)19)8(3)11-7(2)16-9(4)21-11/h8H,5-6H2,1-4H3,(H,17,20). The molecule has 5 nitrogen and oxygen atoms in total. The maximum absolute atomic E-state index is 12.6. The molecular formula is C14H18ClN3O2S. The van der Waals surface area contributed by atoms with Crippen LogP contribution in [0.3, 0.4) is 0 Å². The molecule has 0 fully saturated rings. The number of H-pyrrole nitrogens is 1. The fourth-order valence-electron chi connectivity index (χ4n) is 2.43. The molecule has 0 aliphatic heterocycles. The van der Waals surface area contributed by atoms with Gasteiger partial charge in [-0.1, -0.05) is 24.9 Å². The lowest BCUT2D eigenvalue weighted by molar-refractivity contribution is 0.574. The van der Waals surface area contributed by atoms with Crippen molar-refractivity contribution in [2.75, 3.05) is 0 Å². The summed E-state index contributed by atoms with van der Waals surface area (Å²) in [5, 5.41) is 1.06. The maximum atomic E-state index is 12.6. The van der Waals surface area contributed by atoms with Crippen LogP contribution in [0.1, 0.15) is 47.5 Å². The molecule has 1 unspecified atom stereocenters. The molecule has 114 valence electrons. The zero-order valence-electron chi connectivity index (χ0n) is 12.5. The number of halogens is 1. The predicted molar refractivity (Wildman–Crippen MR) is 85.7 cm³/mol. The summed E-state index contributed by atoms with van der Waals surface area (Å²) in [6.07, 6.45) is 1.33. The second-order valence-electron chi connectivity index (χ2n) is 5.01. The van der Waals surface area contributed by atoms with E-state index in [9.17, 15) is 9.59 Å². The van der Waals surface area contributed by atoms with Crippen LogP contribution in [0.4, 0.5) is 0 Å². The van der Waals surface area contributed by atoms with Gasteiger partial charge in [0.2, 0.25) is 0 Å². The van der Waals surface area contributed by atoms with E-state index in [-0.39, 0.29) is 16.8 Å². The Morgan fingerprint density at radius 1 is 1.38 bits per heavy atom. The molecule has 0 radical (unpaired) electrons. The minimum atomic E-state index is -0.484. The molecule has 0 bridgehead atoms. The zero-order chi connectivity index (χ0) is 15.7. The van der Waals surface area contributed by atoms with Crippen molar-refractivity contribution >= 4 is 22.9 Å². The molecule has 0 aromatic carbocycles. The van der Waals surface area contributed by atoms with Crippen LogP contribution in [0.5, 0.6) is 0 Å². The van der Waals surface area contributed by atoms with Crippen molar-refractivity contribution in [1.29, 1.82) is 0 Å². The van der Waals surface area contributed by atoms with Gasteiger partial charge in [-0.25, -0.2) is 9.78 Å². The Balaban J connectivity index is 2.63. The van der Waals surface area contributed by atoms with Crippen molar-refractivity contribution in [3.05, 3.63) is 47.1 Å². The number of nitrogens with zero attached hydrogens (tertiary/aromatic N) is 2. The Labute approximate surface area is 131 Å². The van der Waals surface area contributed by atoms with Crippen LogP contribution in [0.25, 0.3) is 0 Å². The number of hydrogen-bond donors (Lipinski definition) is 1. The number of hydrogen-bond acceptors (Lipinski definition) is 4. The predicted octanol–water partition coefficient (Wildman–Crippen LogP) is 2.83. The van der Waals surface area contributed by atoms with Crippen LogP contribution in [-0.4, -0.2) is 14.5 Å². The number of rotatable bonds is 4. The Morgan fingerprint density at radius 2 is 2.05 bits per heavy atom. The van der Waals surface area contributed by atoms with E-state index in [1.165, 1.54) is 15.9 Å². The summed E-state index contributed by atoms with van der Waals surface area (Å²) in [6, 6.07) is -0.361. The van der Waals surface area contributed by atoms with Crippen LogP contribution in [-0.2, 0) is 6.42 Å². The molecule has 0 saturated carbocycles. The minimum Gasteiger partial charge on any atom is -0.297 e. The van der Waals surface area contributed by atoms with Crippen molar-refractivity contribution in [3.8, 4) is 0 Å². The lowest BCUT2D eigenvalue weighted by Gasteiger charge is -2.15. The Kier molecular flexibility index (Phi) is 4.68. The van der Waals surface area contributed by atoms with Crippen LogP contribution in [0.15, 0.2) is 9.59 Å². The smallest absolute Gasteiger partial charge is 0.297 e. The van der Waals surface area contributed by atoms with Gasteiger partial charge in [-0.15, -0.1) is 11.3 Å². The quantitative estimate of drug-likeness (QED) is 0.878. The van der Waals surface area contributed by atoms with Crippen LogP contribution in [0.2, 0.25) is 5.15 Å². The summed E-state index contributed by atoms with van der Waals surface area (Å²) < 4.78 is 1.23. The number of aromatic nitrogens is 3. The fourth-order valence-corrected chi connectivity index (χ4v) is 3.66. The topological polar surface area (TPSA) is 67.8 Å².